The zero-order valence-electron chi connectivity index (χ0n) is 13.2. The number of aromatic nitrogens is 1. The Bertz CT molecular complexity index is 813. The molecule has 130 valence electrons. The number of ether oxygens (including phenoxy) is 1. The molecule has 0 bridgehead atoms. The summed E-state index contributed by atoms with van der Waals surface area (Å²) in [7, 11) is -4.03. The van der Waals surface area contributed by atoms with Gasteiger partial charge in [-0.25, -0.2) is 12.8 Å². The lowest BCUT2D eigenvalue weighted by Crippen LogP contribution is -2.47. The van der Waals surface area contributed by atoms with Crippen molar-refractivity contribution in [1.82, 2.24) is 15.4 Å². The lowest BCUT2D eigenvalue weighted by atomic mass is 10.3. The first-order valence-electron chi connectivity index (χ1n) is 6.87. The Hall–Kier alpha value is -2.46. The summed E-state index contributed by atoms with van der Waals surface area (Å²) in [4.78, 5) is 13.7. The molecule has 1 amide bonds. The maximum atomic E-state index is 12.8. The quantitative estimate of drug-likeness (QED) is 0.752. The van der Waals surface area contributed by atoms with Crippen molar-refractivity contribution in [3.05, 3.63) is 41.5 Å². The molecule has 0 aliphatic heterocycles. The van der Waals surface area contributed by atoms with Gasteiger partial charge in [0.15, 0.2) is 11.9 Å². The first-order chi connectivity index (χ1) is 11.2. The highest BCUT2D eigenvalue weighted by molar-refractivity contribution is 7.89. The van der Waals surface area contributed by atoms with Gasteiger partial charge in [0.25, 0.3) is 15.9 Å². The molecule has 0 unspecified atom stereocenters. The number of sulfonamides is 1. The smallest absolute Gasteiger partial charge is 0.275 e. The van der Waals surface area contributed by atoms with E-state index < -0.39 is 27.9 Å². The van der Waals surface area contributed by atoms with Crippen LogP contribution in [0.3, 0.4) is 0 Å². The van der Waals surface area contributed by atoms with Gasteiger partial charge in [0.1, 0.15) is 22.2 Å². The van der Waals surface area contributed by atoms with Crippen molar-refractivity contribution in [1.29, 1.82) is 0 Å². The maximum absolute atomic E-state index is 12.8. The summed E-state index contributed by atoms with van der Waals surface area (Å²) in [6, 6.07) is 5.07. The zero-order valence-corrected chi connectivity index (χ0v) is 14.0. The zero-order chi connectivity index (χ0) is 17.9. The number of carbonyl (C=O) groups is 1. The lowest BCUT2D eigenvalue weighted by molar-refractivity contribution is -0.127. The molecular weight excluding hydrogens is 341 g/mol. The van der Waals surface area contributed by atoms with E-state index in [-0.39, 0.29) is 22.1 Å². The Kier molecular flexibility index (Phi) is 5.20. The second kappa shape index (κ2) is 6.97. The van der Waals surface area contributed by atoms with E-state index in [1.54, 1.807) is 0 Å². The van der Waals surface area contributed by atoms with Crippen LogP contribution in [0, 0.1) is 19.7 Å². The highest BCUT2D eigenvalue weighted by Crippen LogP contribution is 2.18. The molecule has 1 aromatic carbocycles. The van der Waals surface area contributed by atoms with Gasteiger partial charge in [0, 0.05) is 0 Å². The standard InChI is InChI=1S/C14H16FN3O5S/c1-8-13(9(2)23-17-8)24(20,21)18-16-14(19)10(3)22-12-6-4-11(15)5-7-12/h4-7,10,18H,1-3H3,(H,16,19)/t10-/m0/s1. The number of nitrogens with zero attached hydrogens (tertiary/aromatic N) is 1. The number of hydrogen-bond donors (Lipinski definition) is 2. The SMILES string of the molecule is Cc1noc(C)c1S(=O)(=O)NNC(=O)[C@H](C)Oc1ccc(F)cc1. The topological polar surface area (TPSA) is 111 Å². The van der Waals surface area contributed by atoms with Crippen LogP contribution in [-0.4, -0.2) is 25.6 Å². The molecule has 0 saturated carbocycles. The van der Waals surface area contributed by atoms with Crippen molar-refractivity contribution in [3.63, 3.8) is 0 Å². The molecule has 8 nitrogen and oxygen atoms in total. The number of hydrogen-bond acceptors (Lipinski definition) is 6. The Balaban J connectivity index is 1.98. The van der Waals surface area contributed by atoms with E-state index in [9.17, 15) is 17.6 Å². The Morgan fingerprint density at radius 3 is 2.46 bits per heavy atom. The number of rotatable bonds is 6. The van der Waals surface area contributed by atoms with E-state index in [1.807, 2.05) is 4.83 Å². The lowest BCUT2D eigenvalue weighted by Gasteiger charge is -2.15. The van der Waals surface area contributed by atoms with E-state index >= 15 is 0 Å². The predicted molar refractivity (Wildman–Crippen MR) is 80.9 cm³/mol. The second-order valence-electron chi connectivity index (χ2n) is 4.96. The third kappa shape index (κ3) is 4.09. The molecule has 1 aromatic heterocycles. The van der Waals surface area contributed by atoms with Crippen molar-refractivity contribution < 1.29 is 26.9 Å². The van der Waals surface area contributed by atoms with Crippen LogP contribution in [0.5, 0.6) is 5.75 Å². The van der Waals surface area contributed by atoms with Gasteiger partial charge >= 0.3 is 0 Å². The summed E-state index contributed by atoms with van der Waals surface area (Å²) < 4.78 is 47.2. The average Bonchev–Trinajstić information content (AvgIpc) is 2.86. The van der Waals surface area contributed by atoms with Gasteiger partial charge in [-0.1, -0.05) is 5.16 Å². The molecular formula is C14H16FN3O5S. The van der Waals surface area contributed by atoms with E-state index in [0.29, 0.717) is 0 Å². The van der Waals surface area contributed by atoms with Crippen LogP contribution in [0.2, 0.25) is 0 Å². The van der Waals surface area contributed by atoms with E-state index in [2.05, 4.69) is 10.6 Å². The van der Waals surface area contributed by atoms with Crippen molar-refractivity contribution >= 4 is 15.9 Å². The highest BCUT2D eigenvalue weighted by Gasteiger charge is 2.25. The first-order valence-corrected chi connectivity index (χ1v) is 8.36. The van der Waals surface area contributed by atoms with Crippen molar-refractivity contribution in [2.75, 3.05) is 0 Å². The van der Waals surface area contributed by atoms with Gasteiger partial charge in [-0.2, -0.15) is 0 Å². The summed E-state index contributed by atoms with van der Waals surface area (Å²) in [6.45, 7) is 4.33. The van der Waals surface area contributed by atoms with Gasteiger partial charge in [-0.15, -0.1) is 4.83 Å². The summed E-state index contributed by atoms with van der Waals surface area (Å²) in [5.74, 6) is -0.793. The molecule has 0 saturated heterocycles. The molecule has 0 aliphatic rings. The maximum Gasteiger partial charge on any atom is 0.275 e. The van der Waals surface area contributed by atoms with E-state index in [1.165, 1.54) is 45.0 Å². The molecule has 10 heteroatoms. The number of benzene rings is 1. The number of amides is 1. The van der Waals surface area contributed by atoms with Crippen LogP contribution in [0.25, 0.3) is 0 Å². The Morgan fingerprint density at radius 1 is 1.29 bits per heavy atom. The number of hydrazine groups is 1. The third-order valence-electron chi connectivity index (χ3n) is 3.04. The molecule has 2 aromatic rings. The number of aryl methyl sites for hydroxylation is 2. The van der Waals surface area contributed by atoms with Crippen LogP contribution >= 0.6 is 0 Å². The largest absolute Gasteiger partial charge is 0.481 e. The molecule has 0 aliphatic carbocycles. The molecule has 2 N–H and O–H groups in total. The van der Waals surface area contributed by atoms with Gasteiger partial charge in [0.05, 0.1) is 0 Å². The normalized spacial score (nSPS) is 12.7. The van der Waals surface area contributed by atoms with Gasteiger partial charge in [-0.05, 0) is 45.0 Å². The third-order valence-corrected chi connectivity index (χ3v) is 4.53. The van der Waals surface area contributed by atoms with Crippen LogP contribution < -0.4 is 15.0 Å². The number of carbonyl (C=O) groups excluding carboxylic acids is 1. The minimum Gasteiger partial charge on any atom is -0.481 e. The predicted octanol–water partition coefficient (Wildman–Crippen LogP) is 1.21. The summed E-state index contributed by atoms with van der Waals surface area (Å²) >= 11 is 0. The molecule has 0 radical (unpaired) electrons. The van der Waals surface area contributed by atoms with E-state index in [4.69, 9.17) is 9.26 Å². The van der Waals surface area contributed by atoms with E-state index in [0.717, 1.165) is 0 Å². The second-order valence-corrected chi connectivity index (χ2v) is 6.58. The molecule has 1 atom stereocenters. The fourth-order valence-corrected chi connectivity index (χ4v) is 3.08. The Labute approximate surface area is 138 Å². The van der Waals surface area contributed by atoms with Crippen molar-refractivity contribution in [2.45, 2.75) is 31.8 Å². The van der Waals surface area contributed by atoms with Crippen molar-refractivity contribution in [3.8, 4) is 5.75 Å². The average molecular weight is 357 g/mol. The fraction of sp³-hybridized carbons (Fsp3) is 0.286. The molecule has 2 rings (SSSR count). The monoisotopic (exact) mass is 357 g/mol. The Morgan fingerprint density at radius 2 is 1.92 bits per heavy atom. The first kappa shape index (κ1) is 17.9. The molecule has 0 spiro atoms. The van der Waals surface area contributed by atoms with Gasteiger partial charge < -0.3 is 9.26 Å². The molecule has 0 fully saturated rings. The van der Waals surface area contributed by atoms with Crippen LogP contribution in [0.1, 0.15) is 18.4 Å². The van der Waals surface area contributed by atoms with Crippen LogP contribution in [-0.2, 0) is 14.8 Å². The number of halogens is 1. The highest BCUT2D eigenvalue weighted by atomic mass is 32.2. The minimum absolute atomic E-state index is 0.102. The molecule has 24 heavy (non-hydrogen) atoms. The summed E-state index contributed by atoms with van der Waals surface area (Å²) in [5.41, 5.74) is 2.22. The van der Waals surface area contributed by atoms with Gasteiger partial charge in [-0.3, -0.25) is 10.2 Å². The van der Waals surface area contributed by atoms with Crippen LogP contribution in [0.15, 0.2) is 33.7 Å². The molecule has 1 heterocycles. The van der Waals surface area contributed by atoms with Crippen molar-refractivity contribution in [2.24, 2.45) is 0 Å². The number of nitrogens with one attached hydrogen (secondary N) is 2. The van der Waals surface area contributed by atoms with Gasteiger partial charge in [0.2, 0.25) is 0 Å². The fourth-order valence-electron chi connectivity index (χ4n) is 1.90. The summed E-state index contributed by atoms with van der Waals surface area (Å²) in [5, 5.41) is 3.55. The minimum atomic E-state index is -4.03. The van der Waals surface area contributed by atoms with Crippen LogP contribution in [0.4, 0.5) is 4.39 Å². The summed E-state index contributed by atoms with van der Waals surface area (Å²) in [6.07, 6.45) is -1.01.